The zero-order chi connectivity index (χ0) is 14.3. The molecular formula is C13H11N3O4. The molecule has 1 fully saturated rings. The van der Waals surface area contributed by atoms with Gasteiger partial charge in [0.1, 0.15) is 11.3 Å². The van der Waals surface area contributed by atoms with Crippen LogP contribution in [-0.2, 0) is 0 Å². The van der Waals surface area contributed by atoms with E-state index in [0.29, 0.717) is 11.4 Å². The Bertz CT molecular complexity index is 703. The fourth-order valence-corrected chi connectivity index (χ4v) is 2.26. The molecule has 0 saturated heterocycles. The molecule has 1 aliphatic carbocycles. The number of nitro benzene ring substituents is 1. The van der Waals surface area contributed by atoms with Crippen molar-refractivity contribution in [2.45, 2.75) is 18.8 Å². The predicted molar refractivity (Wildman–Crippen MR) is 69.2 cm³/mol. The molecule has 1 aliphatic rings. The van der Waals surface area contributed by atoms with Crippen molar-refractivity contribution in [2.75, 3.05) is 0 Å². The summed E-state index contributed by atoms with van der Waals surface area (Å²) in [7, 11) is 0. The van der Waals surface area contributed by atoms with Crippen molar-refractivity contribution in [2.24, 2.45) is 0 Å². The second-order valence-corrected chi connectivity index (χ2v) is 4.68. The number of carboxylic acids is 1. The first-order chi connectivity index (χ1) is 9.59. The van der Waals surface area contributed by atoms with Crippen molar-refractivity contribution >= 4 is 11.7 Å². The van der Waals surface area contributed by atoms with E-state index < -0.39 is 10.9 Å². The zero-order valence-electron chi connectivity index (χ0n) is 10.4. The van der Waals surface area contributed by atoms with E-state index in [2.05, 4.69) is 5.10 Å². The maximum absolute atomic E-state index is 11.2. The Balaban J connectivity index is 2.20. The third-order valence-corrected chi connectivity index (χ3v) is 3.31. The Morgan fingerprint density at radius 2 is 2.10 bits per heavy atom. The molecule has 3 rings (SSSR count). The SMILES string of the molecule is O=C(O)c1cnn(-c2ccccc2[N+](=O)[O-])c1C1CC1. The van der Waals surface area contributed by atoms with Crippen LogP contribution in [0.5, 0.6) is 0 Å². The number of nitro groups is 1. The monoisotopic (exact) mass is 273 g/mol. The van der Waals surface area contributed by atoms with Gasteiger partial charge in [0.05, 0.1) is 16.8 Å². The number of aromatic carboxylic acids is 1. The van der Waals surface area contributed by atoms with Crippen LogP contribution < -0.4 is 0 Å². The Hall–Kier alpha value is -2.70. The molecule has 0 spiro atoms. The summed E-state index contributed by atoms with van der Waals surface area (Å²) in [4.78, 5) is 21.8. The number of carbonyl (C=O) groups is 1. The summed E-state index contributed by atoms with van der Waals surface area (Å²) in [6.07, 6.45) is 3.02. The Labute approximate surface area is 113 Å². The van der Waals surface area contributed by atoms with Crippen molar-refractivity contribution < 1.29 is 14.8 Å². The molecule has 2 aromatic rings. The van der Waals surface area contributed by atoms with Crippen LogP contribution in [0.3, 0.4) is 0 Å². The molecule has 0 unspecified atom stereocenters. The molecule has 0 bridgehead atoms. The molecule has 1 aromatic carbocycles. The summed E-state index contributed by atoms with van der Waals surface area (Å²) in [5.74, 6) is -0.944. The number of aromatic nitrogens is 2. The highest BCUT2D eigenvalue weighted by Crippen LogP contribution is 2.43. The molecular weight excluding hydrogens is 262 g/mol. The van der Waals surface area contributed by atoms with Crippen LogP contribution in [0.4, 0.5) is 5.69 Å². The lowest BCUT2D eigenvalue weighted by molar-refractivity contribution is -0.384. The second kappa shape index (κ2) is 4.44. The Morgan fingerprint density at radius 3 is 2.70 bits per heavy atom. The van der Waals surface area contributed by atoms with Gasteiger partial charge in [-0.25, -0.2) is 9.48 Å². The highest BCUT2D eigenvalue weighted by atomic mass is 16.6. The normalized spacial score (nSPS) is 14.2. The molecule has 102 valence electrons. The van der Waals surface area contributed by atoms with E-state index in [1.165, 1.54) is 16.9 Å². The fourth-order valence-electron chi connectivity index (χ4n) is 2.26. The number of hydrogen-bond donors (Lipinski definition) is 1. The molecule has 7 heteroatoms. The van der Waals surface area contributed by atoms with E-state index in [1.54, 1.807) is 18.2 Å². The quantitative estimate of drug-likeness (QED) is 0.681. The highest BCUT2D eigenvalue weighted by molar-refractivity contribution is 5.89. The molecule has 0 aliphatic heterocycles. The number of nitrogens with zero attached hydrogens (tertiary/aromatic N) is 3. The fraction of sp³-hybridized carbons (Fsp3) is 0.231. The van der Waals surface area contributed by atoms with Gasteiger partial charge in [0, 0.05) is 12.0 Å². The minimum atomic E-state index is -1.06. The van der Waals surface area contributed by atoms with E-state index in [0.717, 1.165) is 12.8 Å². The van der Waals surface area contributed by atoms with E-state index in [-0.39, 0.29) is 17.2 Å². The molecule has 1 heterocycles. The van der Waals surface area contributed by atoms with Gasteiger partial charge in [0.15, 0.2) is 0 Å². The van der Waals surface area contributed by atoms with Gasteiger partial charge in [-0.1, -0.05) is 12.1 Å². The molecule has 1 aromatic heterocycles. The summed E-state index contributed by atoms with van der Waals surface area (Å²) in [6, 6.07) is 6.19. The number of para-hydroxylation sites is 2. The van der Waals surface area contributed by atoms with Crippen LogP contribution in [0.1, 0.15) is 34.8 Å². The number of hydrogen-bond acceptors (Lipinski definition) is 4. The van der Waals surface area contributed by atoms with Crippen molar-refractivity contribution in [3.8, 4) is 5.69 Å². The van der Waals surface area contributed by atoms with Crippen LogP contribution in [0.2, 0.25) is 0 Å². The largest absolute Gasteiger partial charge is 0.478 e. The van der Waals surface area contributed by atoms with E-state index >= 15 is 0 Å². The molecule has 20 heavy (non-hydrogen) atoms. The highest BCUT2D eigenvalue weighted by Gasteiger charge is 2.34. The molecule has 0 radical (unpaired) electrons. The first-order valence-corrected chi connectivity index (χ1v) is 6.14. The van der Waals surface area contributed by atoms with Crippen LogP contribution in [0.25, 0.3) is 5.69 Å². The number of benzene rings is 1. The predicted octanol–water partition coefficient (Wildman–Crippen LogP) is 2.36. The van der Waals surface area contributed by atoms with Gasteiger partial charge in [0.25, 0.3) is 5.69 Å². The van der Waals surface area contributed by atoms with Crippen molar-refractivity contribution in [3.05, 3.63) is 51.8 Å². The molecule has 1 saturated carbocycles. The summed E-state index contributed by atoms with van der Waals surface area (Å²) in [5, 5.41) is 24.3. The van der Waals surface area contributed by atoms with Crippen LogP contribution in [-0.4, -0.2) is 25.8 Å². The van der Waals surface area contributed by atoms with Crippen molar-refractivity contribution in [1.82, 2.24) is 9.78 Å². The Kier molecular flexibility index (Phi) is 2.74. The van der Waals surface area contributed by atoms with E-state index in [4.69, 9.17) is 0 Å². The molecule has 1 N–H and O–H groups in total. The van der Waals surface area contributed by atoms with Crippen molar-refractivity contribution in [1.29, 1.82) is 0 Å². The average Bonchev–Trinajstić information content (AvgIpc) is 3.16. The summed E-state index contributed by atoms with van der Waals surface area (Å²) in [5.41, 5.74) is 0.874. The lowest BCUT2D eigenvalue weighted by atomic mass is 10.1. The maximum Gasteiger partial charge on any atom is 0.339 e. The van der Waals surface area contributed by atoms with Crippen LogP contribution >= 0.6 is 0 Å². The van der Waals surface area contributed by atoms with Gasteiger partial charge in [-0.05, 0) is 18.9 Å². The zero-order valence-corrected chi connectivity index (χ0v) is 10.4. The standard InChI is InChI=1S/C13H11N3O4/c17-13(18)9-7-14-15(12(9)8-5-6-8)10-3-1-2-4-11(10)16(19)20/h1-4,7-8H,5-6H2,(H,17,18). The van der Waals surface area contributed by atoms with Gasteiger partial charge < -0.3 is 5.11 Å². The Morgan fingerprint density at radius 1 is 1.40 bits per heavy atom. The third-order valence-electron chi connectivity index (χ3n) is 3.31. The lowest BCUT2D eigenvalue weighted by Crippen LogP contribution is -2.07. The summed E-state index contributed by atoms with van der Waals surface area (Å²) >= 11 is 0. The molecule has 0 amide bonds. The first kappa shape index (κ1) is 12.3. The topological polar surface area (TPSA) is 98.3 Å². The number of rotatable bonds is 4. The van der Waals surface area contributed by atoms with E-state index in [1.807, 2.05) is 0 Å². The van der Waals surface area contributed by atoms with Crippen LogP contribution in [0.15, 0.2) is 30.5 Å². The van der Waals surface area contributed by atoms with Gasteiger partial charge in [-0.3, -0.25) is 10.1 Å². The van der Waals surface area contributed by atoms with E-state index in [9.17, 15) is 20.0 Å². The molecule has 0 atom stereocenters. The summed E-state index contributed by atoms with van der Waals surface area (Å²) in [6.45, 7) is 0. The average molecular weight is 273 g/mol. The van der Waals surface area contributed by atoms with Gasteiger partial charge in [-0.15, -0.1) is 0 Å². The third kappa shape index (κ3) is 1.93. The minimum absolute atomic E-state index is 0.0885. The second-order valence-electron chi connectivity index (χ2n) is 4.68. The van der Waals surface area contributed by atoms with Crippen LogP contribution in [0, 0.1) is 10.1 Å². The number of carboxylic acid groups (broad SMARTS) is 1. The van der Waals surface area contributed by atoms with Gasteiger partial charge in [-0.2, -0.15) is 5.10 Å². The maximum atomic E-state index is 11.2. The van der Waals surface area contributed by atoms with Gasteiger partial charge in [0.2, 0.25) is 0 Å². The van der Waals surface area contributed by atoms with Gasteiger partial charge >= 0.3 is 5.97 Å². The summed E-state index contributed by atoms with van der Waals surface area (Å²) < 4.78 is 1.39. The minimum Gasteiger partial charge on any atom is -0.478 e. The first-order valence-electron chi connectivity index (χ1n) is 6.14. The lowest BCUT2D eigenvalue weighted by Gasteiger charge is -2.08. The smallest absolute Gasteiger partial charge is 0.339 e. The van der Waals surface area contributed by atoms with Crippen molar-refractivity contribution in [3.63, 3.8) is 0 Å². The molecule has 7 nitrogen and oxygen atoms in total.